The Hall–Kier alpha value is -0.860. The largest absolute Gasteiger partial charge is 0.389 e. The van der Waals surface area contributed by atoms with Crippen molar-refractivity contribution >= 4 is 0 Å². The van der Waals surface area contributed by atoms with E-state index in [-0.39, 0.29) is 0 Å². The van der Waals surface area contributed by atoms with E-state index >= 15 is 0 Å². The van der Waals surface area contributed by atoms with E-state index in [1.54, 1.807) is 0 Å². The van der Waals surface area contributed by atoms with Crippen LogP contribution in [0.3, 0.4) is 0 Å². The Bertz CT molecular complexity index is 397. The van der Waals surface area contributed by atoms with Gasteiger partial charge in [-0.3, -0.25) is 0 Å². The SMILES string of the molecule is OC1(C2CCOCC2)CCCCC1c1ccccc1. The van der Waals surface area contributed by atoms with Gasteiger partial charge in [-0.25, -0.2) is 0 Å². The van der Waals surface area contributed by atoms with Crippen LogP contribution in [0.1, 0.15) is 50.0 Å². The summed E-state index contributed by atoms with van der Waals surface area (Å²) in [5, 5.41) is 11.4. The highest BCUT2D eigenvalue weighted by Crippen LogP contribution is 2.47. The van der Waals surface area contributed by atoms with Crippen molar-refractivity contribution in [1.82, 2.24) is 0 Å². The Kier molecular flexibility index (Phi) is 3.90. The zero-order chi connectivity index (χ0) is 13.1. The number of ether oxygens (including phenoxy) is 1. The second kappa shape index (κ2) is 5.64. The van der Waals surface area contributed by atoms with Gasteiger partial charge in [-0.1, -0.05) is 43.2 Å². The van der Waals surface area contributed by atoms with E-state index in [1.807, 2.05) is 0 Å². The third kappa shape index (κ3) is 2.56. The predicted octanol–water partition coefficient (Wildman–Crippen LogP) is 3.50. The second-order valence-electron chi connectivity index (χ2n) is 6.09. The molecule has 1 N–H and O–H groups in total. The minimum absolute atomic E-state index is 0.311. The first-order valence-electron chi connectivity index (χ1n) is 7.66. The van der Waals surface area contributed by atoms with Gasteiger partial charge in [0.2, 0.25) is 0 Å². The molecule has 0 spiro atoms. The van der Waals surface area contributed by atoms with Crippen molar-refractivity contribution in [2.75, 3.05) is 13.2 Å². The number of aliphatic hydroxyl groups is 1. The fourth-order valence-corrected chi connectivity index (χ4v) is 4.01. The fraction of sp³-hybridized carbons (Fsp3) is 0.647. The van der Waals surface area contributed by atoms with Crippen molar-refractivity contribution in [3.63, 3.8) is 0 Å². The molecule has 2 nitrogen and oxygen atoms in total. The molecule has 0 radical (unpaired) electrons. The van der Waals surface area contributed by atoms with Crippen molar-refractivity contribution in [2.45, 2.75) is 50.0 Å². The minimum atomic E-state index is -0.511. The molecule has 1 saturated heterocycles. The third-order valence-corrected chi connectivity index (χ3v) is 5.05. The highest BCUT2D eigenvalue weighted by molar-refractivity contribution is 5.24. The average molecular weight is 260 g/mol. The summed E-state index contributed by atoms with van der Waals surface area (Å²) in [6.45, 7) is 1.63. The normalized spacial score (nSPS) is 33.2. The van der Waals surface area contributed by atoms with Crippen molar-refractivity contribution in [1.29, 1.82) is 0 Å². The van der Waals surface area contributed by atoms with E-state index in [0.717, 1.165) is 45.3 Å². The molecule has 1 aromatic rings. The fourth-order valence-electron chi connectivity index (χ4n) is 4.01. The smallest absolute Gasteiger partial charge is 0.0745 e. The van der Waals surface area contributed by atoms with E-state index in [9.17, 15) is 5.11 Å². The molecule has 3 rings (SSSR count). The quantitative estimate of drug-likeness (QED) is 0.882. The summed E-state index contributed by atoms with van der Waals surface area (Å²) in [4.78, 5) is 0. The van der Waals surface area contributed by atoms with Crippen LogP contribution in [0.2, 0.25) is 0 Å². The lowest BCUT2D eigenvalue weighted by Gasteiger charge is -2.47. The number of hydrogen-bond donors (Lipinski definition) is 1. The Labute approximate surface area is 115 Å². The zero-order valence-electron chi connectivity index (χ0n) is 11.6. The first-order valence-corrected chi connectivity index (χ1v) is 7.66. The highest BCUT2D eigenvalue weighted by Gasteiger charge is 2.45. The van der Waals surface area contributed by atoms with Crippen LogP contribution in [0.4, 0.5) is 0 Å². The van der Waals surface area contributed by atoms with Crippen LogP contribution in [0.5, 0.6) is 0 Å². The lowest BCUT2D eigenvalue weighted by molar-refractivity contribution is -0.100. The summed E-state index contributed by atoms with van der Waals surface area (Å²) in [6.07, 6.45) is 6.51. The molecule has 1 heterocycles. The van der Waals surface area contributed by atoms with Gasteiger partial charge in [-0.15, -0.1) is 0 Å². The first kappa shape index (κ1) is 13.1. The lowest BCUT2D eigenvalue weighted by atomic mass is 9.64. The highest BCUT2D eigenvalue weighted by atomic mass is 16.5. The Morgan fingerprint density at radius 2 is 1.74 bits per heavy atom. The Morgan fingerprint density at radius 1 is 1.00 bits per heavy atom. The molecule has 19 heavy (non-hydrogen) atoms. The van der Waals surface area contributed by atoms with Crippen molar-refractivity contribution < 1.29 is 9.84 Å². The molecule has 2 fully saturated rings. The van der Waals surface area contributed by atoms with Crippen LogP contribution >= 0.6 is 0 Å². The van der Waals surface area contributed by atoms with Gasteiger partial charge < -0.3 is 9.84 Å². The van der Waals surface area contributed by atoms with Gasteiger partial charge in [0.25, 0.3) is 0 Å². The summed E-state index contributed by atoms with van der Waals surface area (Å²) >= 11 is 0. The van der Waals surface area contributed by atoms with Crippen LogP contribution in [0.15, 0.2) is 30.3 Å². The molecule has 1 aliphatic carbocycles. The maximum absolute atomic E-state index is 11.4. The monoisotopic (exact) mass is 260 g/mol. The van der Waals surface area contributed by atoms with Gasteiger partial charge in [0.05, 0.1) is 5.60 Å². The van der Waals surface area contributed by atoms with Crippen LogP contribution in [-0.4, -0.2) is 23.9 Å². The van der Waals surface area contributed by atoms with Crippen molar-refractivity contribution in [3.8, 4) is 0 Å². The van der Waals surface area contributed by atoms with E-state index in [0.29, 0.717) is 11.8 Å². The molecule has 0 amide bonds. The van der Waals surface area contributed by atoms with Crippen LogP contribution in [0.25, 0.3) is 0 Å². The summed E-state index contributed by atoms with van der Waals surface area (Å²) < 4.78 is 5.47. The molecule has 1 aliphatic heterocycles. The molecule has 2 heteroatoms. The molecule has 2 atom stereocenters. The van der Waals surface area contributed by atoms with E-state index in [4.69, 9.17) is 4.74 Å². The zero-order valence-corrected chi connectivity index (χ0v) is 11.6. The minimum Gasteiger partial charge on any atom is -0.389 e. The molecule has 0 bridgehead atoms. The molecular weight excluding hydrogens is 236 g/mol. The summed E-state index contributed by atoms with van der Waals surface area (Å²) in [7, 11) is 0. The maximum atomic E-state index is 11.4. The van der Waals surface area contributed by atoms with Crippen molar-refractivity contribution in [3.05, 3.63) is 35.9 Å². The maximum Gasteiger partial charge on any atom is 0.0745 e. The molecule has 1 saturated carbocycles. The molecule has 104 valence electrons. The third-order valence-electron chi connectivity index (χ3n) is 5.05. The van der Waals surface area contributed by atoms with Crippen LogP contribution in [0, 0.1) is 5.92 Å². The van der Waals surface area contributed by atoms with Crippen LogP contribution in [-0.2, 0) is 4.74 Å². The summed E-state index contributed by atoms with van der Waals surface area (Å²) in [5.74, 6) is 0.720. The first-order chi connectivity index (χ1) is 9.31. The van der Waals surface area contributed by atoms with Crippen molar-refractivity contribution in [2.24, 2.45) is 5.92 Å². The van der Waals surface area contributed by atoms with Gasteiger partial charge in [0, 0.05) is 19.1 Å². The predicted molar refractivity (Wildman–Crippen MR) is 76.1 cm³/mol. The number of benzene rings is 1. The van der Waals surface area contributed by atoms with Gasteiger partial charge in [-0.05, 0) is 37.2 Å². The van der Waals surface area contributed by atoms with Gasteiger partial charge >= 0.3 is 0 Å². The van der Waals surface area contributed by atoms with Gasteiger partial charge in [-0.2, -0.15) is 0 Å². The lowest BCUT2D eigenvalue weighted by Crippen LogP contribution is -2.47. The molecule has 2 aliphatic rings. The second-order valence-corrected chi connectivity index (χ2v) is 6.09. The number of hydrogen-bond acceptors (Lipinski definition) is 2. The topological polar surface area (TPSA) is 29.5 Å². The van der Waals surface area contributed by atoms with E-state index in [1.165, 1.54) is 12.0 Å². The Balaban J connectivity index is 1.87. The van der Waals surface area contributed by atoms with E-state index in [2.05, 4.69) is 30.3 Å². The van der Waals surface area contributed by atoms with Gasteiger partial charge in [0.15, 0.2) is 0 Å². The standard InChI is InChI=1S/C17H24O2/c18-17(15-9-12-19-13-10-15)11-5-4-8-16(17)14-6-2-1-3-7-14/h1-3,6-7,15-16,18H,4-5,8-13H2. The summed E-state index contributed by atoms with van der Waals surface area (Å²) in [5.41, 5.74) is 0.805. The average Bonchev–Trinajstić information content (AvgIpc) is 2.49. The number of rotatable bonds is 2. The Morgan fingerprint density at radius 3 is 2.47 bits per heavy atom. The van der Waals surface area contributed by atoms with Crippen LogP contribution < -0.4 is 0 Å². The molecule has 2 unspecified atom stereocenters. The molecular formula is C17H24O2. The van der Waals surface area contributed by atoms with E-state index < -0.39 is 5.60 Å². The summed E-state index contributed by atoms with van der Waals surface area (Å²) in [6, 6.07) is 10.6. The molecule has 0 aromatic heterocycles. The van der Waals surface area contributed by atoms with Gasteiger partial charge in [0.1, 0.15) is 0 Å². The molecule has 1 aromatic carbocycles.